The van der Waals surface area contributed by atoms with Gasteiger partial charge in [-0.05, 0) is 60.0 Å². The third-order valence-corrected chi connectivity index (χ3v) is 6.05. The van der Waals surface area contributed by atoms with Crippen molar-refractivity contribution in [2.45, 2.75) is 19.6 Å². The molecule has 1 aliphatic rings. The summed E-state index contributed by atoms with van der Waals surface area (Å²) in [6.45, 7) is 6.29. The molecule has 1 aliphatic heterocycles. The van der Waals surface area contributed by atoms with Crippen LogP contribution in [0.3, 0.4) is 0 Å². The number of piperazine rings is 1. The van der Waals surface area contributed by atoms with E-state index < -0.39 is 11.7 Å². The van der Waals surface area contributed by atoms with Crippen LogP contribution in [0.1, 0.15) is 28.4 Å². The number of benzene rings is 3. The van der Waals surface area contributed by atoms with Gasteiger partial charge in [0, 0.05) is 38.4 Å². The van der Waals surface area contributed by atoms with Crippen molar-refractivity contribution in [3.05, 3.63) is 89.5 Å². The second-order valence-corrected chi connectivity index (χ2v) is 8.26. The van der Waals surface area contributed by atoms with Crippen LogP contribution >= 0.6 is 0 Å². The van der Waals surface area contributed by atoms with Crippen LogP contribution in [0.2, 0.25) is 0 Å². The third-order valence-electron chi connectivity index (χ3n) is 6.05. The minimum Gasteiger partial charge on any atom is -0.462 e. The van der Waals surface area contributed by atoms with Crippen LogP contribution < -0.4 is 4.90 Å². The fourth-order valence-electron chi connectivity index (χ4n) is 4.21. The van der Waals surface area contributed by atoms with Crippen molar-refractivity contribution in [1.82, 2.24) is 4.90 Å². The van der Waals surface area contributed by atoms with Crippen LogP contribution in [0.15, 0.2) is 72.8 Å². The molecule has 3 aromatic rings. The van der Waals surface area contributed by atoms with Crippen LogP contribution in [0.4, 0.5) is 18.9 Å². The molecule has 0 radical (unpaired) electrons. The van der Waals surface area contributed by atoms with Crippen molar-refractivity contribution in [1.29, 1.82) is 0 Å². The van der Waals surface area contributed by atoms with Crippen molar-refractivity contribution in [2.24, 2.45) is 0 Å². The summed E-state index contributed by atoms with van der Waals surface area (Å²) < 4.78 is 43.8. The molecule has 0 aromatic heterocycles. The van der Waals surface area contributed by atoms with E-state index in [2.05, 4.69) is 9.80 Å². The Bertz CT molecular complexity index is 1100. The molecule has 1 heterocycles. The molecule has 1 saturated heterocycles. The second-order valence-electron chi connectivity index (χ2n) is 8.26. The van der Waals surface area contributed by atoms with Gasteiger partial charge in [0.15, 0.2) is 0 Å². The Hall–Kier alpha value is -3.32. The number of nitrogens with zero attached hydrogens (tertiary/aromatic N) is 2. The summed E-state index contributed by atoms with van der Waals surface area (Å²) in [5, 5.41) is 0. The topological polar surface area (TPSA) is 32.8 Å². The molecule has 0 saturated carbocycles. The Morgan fingerprint density at radius 1 is 0.882 bits per heavy atom. The molecule has 4 nitrogen and oxygen atoms in total. The zero-order valence-electron chi connectivity index (χ0n) is 19.0. The number of carbonyl (C=O) groups excluding carboxylic acids is 1. The van der Waals surface area contributed by atoms with E-state index in [9.17, 15) is 18.0 Å². The first-order valence-electron chi connectivity index (χ1n) is 11.3. The highest BCUT2D eigenvalue weighted by molar-refractivity contribution is 5.89. The van der Waals surface area contributed by atoms with Crippen molar-refractivity contribution >= 4 is 11.7 Å². The molecule has 0 amide bonds. The number of rotatable bonds is 6. The highest BCUT2D eigenvalue weighted by Crippen LogP contribution is 2.32. The van der Waals surface area contributed by atoms with Crippen LogP contribution in [-0.2, 0) is 17.5 Å². The van der Waals surface area contributed by atoms with Crippen molar-refractivity contribution < 1.29 is 22.7 Å². The lowest BCUT2D eigenvalue weighted by atomic mass is 9.98. The Labute approximate surface area is 197 Å². The summed E-state index contributed by atoms with van der Waals surface area (Å²) in [6.07, 6.45) is -4.34. The summed E-state index contributed by atoms with van der Waals surface area (Å²) in [6, 6.07) is 20.7. The zero-order valence-corrected chi connectivity index (χ0v) is 19.0. The van der Waals surface area contributed by atoms with Crippen molar-refractivity contribution in [3.63, 3.8) is 0 Å². The second kappa shape index (κ2) is 10.3. The molecule has 3 aromatic carbocycles. The summed E-state index contributed by atoms with van der Waals surface area (Å²) in [5.41, 5.74) is 3.80. The fraction of sp³-hybridized carbons (Fsp3) is 0.296. The monoisotopic (exact) mass is 468 g/mol. The number of ether oxygens (including phenoxy) is 1. The van der Waals surface area contributed by atoms with Gasteiger partial charge in [0.1, 0.15) is 0 Å². The largest absolute Gasteiger partial charge is 0.462 e. The average molecular weight is 469 g/mol. The van der Waals surface area contributed by atoms with E-state index in [1.807, 2.05) is 36.4 Å². The predicted octanol–water partition coefficient (Wildman–Crippen LogP) is 5.87. The Kier molecular flexibility index (Phi) is 7.22. The lowest BCUT2D eigenvalue weighted by Crippen LogP contribution is -2.46. The molecule has 0 aliphatic carbocycles. The average Bonchev–Trinajstić information content (AvgIpc) is 2.85. The van der Waals surface area contributed by atoms with Crippen LogP contribution in [0, 0.1) is 0 Å². The van der Waals surface area contributed by atoms with Crippen LogP contribution in [0.5, 0.6) is 0 Å². The predicted molar refractivity (Wildman–Crippen MR) is 127 cm³/mol. The summed E-state index contributed by atoms with van der Waals surface area (Å²) in [7, 11) is 0. The van der Waals surface area contributed by atoms with Gasteiger partial charge in [-0.1, -0.05) is 36.4 Å². The maximum Gasteiger partial charge on any atom is 0.416 e. The van der Waals surface area contributed by atoms with Gasteiger partial charge in [0.05, 0.1) is 17.7 Å². The van der Waals surface area contributed by atoms with E-state index >= 15 is 0 Å². The Morgan fingerprint density at radius 2 is 1.53 bits per heavy atom. The highest BCUT2D eigenvalue weighted by Gasteiger charge is 2.30. The smallest absolute Gasteiger partial charge is 0.416 e. The van der Waals surface area contributed by atoms with Gasteiger partial charge in [0.2, 0.25) is 0 Å². The van der Waals surface area contributed by atoms with Crippen LogP contribution in [0.25, 0.3) is 11.1 Å². The zero-order chi connectivity index (χ0) is 24.1. The summed E-state index contributed by atoms with van der Waals surface area (Å²) >= 11 is 0. The molecule has 0 unspecified atom stereocenters. The number of carbonyl (C=O) groups is 1. The molecular weight excluding hydrogens is 441 g/mol. The maximum atomic E-state index is 12.9. The molecule has 0 bridgehead atoms. The molecule has 4 rings (SSSR count). The highest BCUT2D eigenvalue weighted by atomic mass is 19.4. The minimum absolute atomic E-state index is 0.314. The molecule has 1 fully saturated rings. The van der Waals surface area contributed by atoms with E-state index in [4.69, 9.17) is 4.74 Å². The normalized spacial score (nSPS) is 14.8. The number of esters is 1. The molecule has 7 heteroatoms. The van der Waals surface area contributed by atoms with E-state index in [0.717, 1.165) is 67.2 Å². The first-order chi connectivity index (χ1) is 16.3. The number of halogens is 3. The molecule has 0 atom stereocenters. The SMILES string of the molecule is CCOC(=O)c1ccc(N2CCN(Cc3ccccc3-c3ccc(C(F)(F)F)cc3)CC2)cc1. The van der Waals surface area contributed by atoms with Crippen molar-refractivity contribution in [3.8, 4) is 11.1 Å². The fourth-order valence-corrected chi connectivity index (χ4v) is 4.21. The van der Waals surface area contributed by atoms with Crippen LogP contribution in [-0.4, -0.2) is 43.7 Å². The first-order valence-corrected chi connectivity index (χ1v) is 11.3. The summed E-state index contributed by atoms with van der Waals surface area (Å²) in [4.78, 5) is 16.5. The van der Waals surface area contributed by atoms with Gasteiger partial charge >= 0.3 is 12.1 Å². The number of anilines is 1. The Morgan fingerprint density at radius 3 is 2.15 bits per heavy atom. The lowest BCUT2D eigenvalue weighted by Gasteiger charge is -2.36. The van der Waals surface area contributed by atoms with E-state index in [1.54, 1.807) is 31.2 Å². The Balaban J connectivity index is 1.39. The van der Waals surface area contributed by atoms with Gasteiger partial charge < -0.3 is 9.64 Å². The molecule has 0 spiro atoms. The number of alkyl halides is 3. The molecule has 178 valence electrons. The van der Waals surface area contributed by atoms with Gasteiger partial charge in [-0.2, -0.15) is 13.2 Å². The first kappa shape index (κ1) is 23.8. The van der Waals surface area contributed by atoms with E-state index in [-0.39, 0.29) is 5.97 Å². The van der Waals surface area contributed by atoms with E-state index in [0.29, 0.717) is 12.2 Å². The van der Waals surface area contributed by atoms with E-state index in [1.165, 1.54) is 0 Å². The van der Waals surface area contributed by atoms with Gasteiger partial charge in [-0.3, -0.25) is 4.90 Å². The summed E-state index contributed by atoms with van der Waals surface area (Å²) in [5.74, 6) is -0.314. The number of hydrogen-bond donors (Lipinski definition) is 0. The number of hydrogen-bond acceptors (Lipinski definition) is 4. The maximum absolute atomic E-state index is 12.9. The molecule has 34 heavy (non-hydrogen) atoms. The standard InChI is InChI=1S/C27H27F3N2O2/c1-2-34-26(33)21-9-13-24(14-10-21)32-17-15-31(16-18-32)19-22-5-3-4-6-25(22)20-7-11-23(12-8-20)27(28,29)30/h3-14H,2,15-19H2,1H3. The molecule has 0 N–H and O–H groups in total. The lowest BCUT2D eigenvalue weighted by molar-refractivity contribution is -0.137. The quantitative estimate of drug-likeness (QED) is 0.424. The van der Waals surface area contributed by atoms with Crippen molar-refractivity contribution in [2.75, 3.05) is 37.7 Å². The molecular formula is C27H27F3N2O2. The third kappa shape index (κ3) is 5.59. The van der Waals surface area contributed by atoms with Gasteiger partial charge in [0.25, 0.3) is 0 Å². The minimum atomic E-state index is -4.34. The van der Waals surface area contributed by atoms with Gasteiger partial charge in [-0.15, -0.1) is 0 Å². The van der Waals surface area contributed by atoms with Gasteiger partial charge in [-0.25, -0.2) is 4.79 Å².